The summed E-state index contributed by atoms with van der Waals surface area (Å²) in [5.74, 6) is -4.39. The first-order valence-electron chi connectivity index (χ1n) is 13.6. The Bertz CT molecular complexity index is 1290. The highest BCUT2D eigenvalue weighted by Crippen LogP contribution is 2.34. The van der Waals surface area contributed by atoms with Gasteiger partial charge in [-0.2, -0.15) is 13.2 Å². The van der Waals surface area contributed by atoms with Crippen LogP contribution in [-0.4, -0.2) is 76.8 Å². The molecular formula is C29H35F3N4O6. The van der Waals surface area contributed by atoms with Crippen molar-refractivity contribution in [2.24, 2.45) is 5.73 Å². The first-order chi connectivity index (χ1) is 19.7. The Hall–Kier alpha value is -4.13. The molecule has 2 aliphatic rings. The molecule has 13 heteroatoms. The van der Waals surface area contributed by atoms with Crippen molar-refractivity contribution < 1.29 is 42.6 Å². The quantitative estimate of drug-likeness (QED) is 0.379. The van der Waals surface area contributed by atoms with Gasteiger partial charge in [0.1, 0.15) is 5.54 Å². The molecule has 228 valence electrons. The Balaban J connectivity index is 0.000000616. The molecule has 0 unspecified atom stereocenters. The van der Waals surface area contributed by atoms with Crippen molar-refractivity contribution in [3.8, 4) is 0 Å². The molecule has 0 atom stereocenters. The Morgan fingerprint density at radius 2 is 1.50 bits per heavy atom. The minimum absolute atomic E-state index is 0.0440. The lowest BCUT2D eigenvalue weighted by molar-refractivity contribution is -0.192. The van der Waals surface area contributed by atoms with Crippen LogP contribution in [0.1, 0.15) is 53.6 Å². The number of alkyl halides is 3. The number of nitrogens with two attached hydrogens (primary N) is 1. The third-order valence-electron chi connectivity index (χ3n) is 7.61. The zero-order valence-electron chi connectivity index (χ0n) is 23.2. The summed E-state index contributed by atoms with van der Waals surface area (Å²) in [7, 11) is 0. The monoisotopic (exact) mass is 592 g/mol. The minimum Gasteiger partial charge on any atom is -0.478 e. The van der Waals surface area contributed by atoms with E-state index in [1.54, 1.807) is 12.1 Å². The van der Waals surface area contributed by atoms with Gasteiger partial charge in [0.05, 0.1) is 17.7 Å². The van der Waals surface area contributed by atoms with Crippen LogP contribution in [0.3, 0.4) is 0 Å². The van der Waals surface area contributed by atoms with Crippen molar-refractivity contribution >= 4 is 35.1 Å². The maximum Gasteiger partial charge on any atom is 0.490 e. The molecule has 42 heavy (non-hydrogen) atoms. The summed E-state index contributed by atoms with van der Waals surface area (Å²) in [4.78, 5) is 50.3. The smallest absolute Gasteiger partial charge is 0.478 e. The van der Waals surface area contributed by atoms with E-state index in [1.165, 1.54) is 6.42 Å². The van der Waals surface area contributed by atoms with Crippen LogP contribution in [0, 0.1) is 6.92 Å². The predicted octanol–water partition coefficient (Wildman–Crippen LogP) is 3.82. The van der Waals surface area contributed by atoms with Gasteiger partial charge < -0.3 is 26.2 Å². The Morgan fingerprint density at radius 3 is 2.00 bits per heavy atom. The van der Waals surface area contributed by atoms with E-state index in [9.17, 15) is 32.7 Å². The number of carbonyl (C=O) groups is 4. The van der Waals surface area contributed by atoms with Gasteiger partial charge in [0, 0.05) is 18.8 Å². The SMILES string of the molecule is Cc1ccc(CC(=O)Nc2ccc(N3CCC(C(N)=O)(N4CCCCC4)CC3)cc2C(=O)O)cc1.O=C(O)C(F)(F)F. The van der Waals surface area contributed by atoms with Crippen LogP contribution in [0.15, 0.2) is 42.5 Å². The third kappa shape index (κ3) is 8.21. The molecule has 2 saturated heterocycles. The van der Waals surface area contributed by atoms with Crippen molar-refractivity contribution in [1.82, 2.24) is 4.90 Å². The number of piperidine rings is 2. The number of aliphatic carboxylic acids is 1. The number of benzene rings is 2. The second kappa shape index (κ2) is 13.7. The van der Waals surface area contributed by atoms with Crippen molar-refractivity contribution in [3.05, 3.63) is 59.2 Å². The zero-order valence-corrected chi connectivity index (χ0v) is 23.2. The van der Waals surface area contributed by atoms with Crippen LogP contribution in [0.5, 0.6) is 0 Å². The fourth-order valence-electron chi connectivity index (χ4n) is 5.28. The summed E-state index contributed by atoms with van der Waals surface area (Å²) in [6.45, 7) is 4.98. The number of aryl methyl sites for hydroxylation is 1. The summed E-state index contributed by atoms with van der Waals surface area (Å²) in [6, 6.07) is 12.7. The van der Waals surface area contributed by atoms with Crippen LogP contribution >= 0.6 is 0 Å². The van der Waals surface area contributed by atoms with E-state index >= 15 is 0 Å². The predicted molar refractivity (Wildman–Crippen MR) is 149 cm³/mol. The minimum atomic E-state index is -5.08. The van der Waals surface area contributed by atoms with E-state index in [-0.39, 0.29) is 29.5 Å². The first kappa shape index (κ1) is 32.4. The summed E-state index contributed by atoms with van der Waals surface area (Å²) in [6.07, 6.45) is -0.350. The number of nitrogens with zero attached hydrogens (tertiary/aromatic N) is 2. The highest BCUT2D eigenvalue weighted by Gasteiger charge is 2.45. The Morgan fingerprint density at radius 1 is 0.929 bits per heavy atom. The van der Waals surface area contributed by atoms with E-state index in [4.69, 9.17) is 15.6 Å². The highest BCUT2D eigenvalue weighted by atomic mass is 19.4. The van der Waals surface area contributed by atoms with Gasteiger partial charge in [-0.25, -0.2) is 9.59 Å². The van der Waals surface area contributed by atoms with E-state index in [0.717, 1.165) is 42.7 Å². The molecule has 0 bridgehead atoms. The number of hydrogen-bond acceptors (Lipinski definition) is 6. The molecule has 2 amide bonds. The lowest BCUT2D eigenvalue weighted by atomic mass is 9.83. The molecule has 0 aliphatic carbocycles. The second-order valence-corrected chi connectivity index (χ2v) is 10.5. The zero-order chi connectivity index (χ0) is 31.1. The molecule has 5 N–H and O–H groups in total. The number of amides is 2. The fourth-order valence-corrected chi connectivity index (χ4v) is 5.28. The number of rotatable bonds is 7. The fraction of sp³-hybridized carbons (Fsp3) is 0.448. The summed E-state index contributed by atoms with van der Waals surface area (Å²) in [5.41, 5.74) is 8.31. The summed E-state index contributed by atoms with van der Waals surface area (Å²) >= 11 is 0. The van der Waals surface area contributed by atoms with E-state index in [0.29, 0.717) is 25.9 Å². The number of anilines is 2. The van der Waals surface area contributed by atoms with Crippen molar-refractivity contribution in [3.63, 3.8) is 0 Å². The second-order valence-electron chi connectivity index (χ2n) is 10.5. The molecule has 2 aliphatic heterocycles. The molecule has 0 aromatic heterocycles. The van der Waals surface area contributed by atoms with Gasteiger partial charge in [0.25, 0.3) is 0 Å². The van der Waals surface area contributed by atoms with Crippen molar-refractivity contribution in [1.29, 1.82) is 0 Å². The van der Waals surface area contributed by atoms with E-state index in [1.807, 2.05) is 37.3 Å². The standard InChI is InChI=1S/C27H34N4O4.C2HF3O2/c1-19-5-7-20(8-6-19)17-24(32)29-23-10-9-21(18-22(23)25(33)34)30-15-11-27(12-16-30,26(28)35)31-13-3-2-4-14-31;3-2(4,5)1(6)7/h5-10,18H,2-4,11-17H2,1H3,(H2,28,35)(H,29,32)(H,33,34);(H,6,7). The molecule has 2 aromatic carbocycles. The number of likely N-dealkylation sites (tertiary alicyclic amines) is 1. The number of hydrogen-bond donors (Lipinski definition) is 4. The third-order valence-corrected chi connectivity index (χ3v) is 7.61. The van der Waals surface area contributed by atoms with Gasteiger partial charge in [0.15, 0.2) is 0 Å². The lowest BCUT2D eigenvalue weighted by Gasteiger charge is -2.48. The van der Waals surface area contributed by atoms with Crippen molar-refractivity contribution in [2.75, 3.05) is 36.4 Å². The molecule has 0 spiro atoms. The first-order valence-corrected chi connectivity index (χ1v) is 13.6. The largest absolute Gasteiger partial charge is 0.490 e. The van der Waals surface area contributed by atoms with Crippen LogP contribution in [0.2, 0.25) is 0 Å². The number of aromatic carboxylic acids is 1. The Labute approximate surface area is 241 Å². The van der Waals surface area contributed by atoms with Gasteiger partial charge in [0.2, 0.25) is 11.8 Å². The number of carboxylic acid groups (broad SMARTS) is 2. The molecule has 2 fully saturated rings. The molecule has 2 aromatic rings. The highest BCUT2D eigenvalue weighted by molar-refractivity contribution is 6.02. The lowest BCUT2D eigenvalue weighted by Crippen LogP contribution is -2.63. The van der Waals surface area contributed by atoms with Crippen LogP contribution in [-0.2, 0) is 20.8 Å². The van der Waals surface area contributed by atoms with Crippen LogP contribution in [0.4, 0.5) is 24.5 Å². The molecule has 4 rings (SSSR count). The van der Waals surface area contributed by atoms with E-state index < -0.39 is 23.7 Å². The number of halogens is 3. The number of carbonyl (C=O) groups excluding carboxylic acids is 2. The number of carboxylic acids is 2. The Kier molecular flexibility index (Phi) is 10.6. The molecular weight excluding hydrogens is 557 g/mol. The number of primary amides is 1. The maximum absolute atomic E-state index is 12.6. The van der Waals surface area contributed by atoms with Gasteiger partial charge in [-0.15, -0.1) is 0 Å². The van der Waals surface area contributed by atoms with E-state index in [2.05, 4.69) is 15.1 Å². The van der Waals surface area contributed by atoms with Crippen molar-refractivity contribution in [2.45, 2.75) is 57.2 Å². The molecule has 0 radical (unpaired) electrons. The van der Waals surface area contributed by atoms with Gasteiger partial charge in [-0.3, -0.25) is 14.5 Å². The summed E-state index contributed by atoms with van der Waals surface area (Å²) < 4.78 is 31.7. The van der Waals surface area contributed by atoms with Gasteiger partial charge in [-0.05, 0) is 69.5 Å². The average molecular weight is 593 g/mol. The summed E-state index contributed by atoms with van der Waals surface area (Å²) in [5, 5.41) is 19.7. The number of nitrogens with one attached hydrogen (secondary N) is 1. The maximum atomic E-state index is 12.6. The molecule has 10 nitrogen and oxygen atoms in total. The molecule has 0 saturated carbocycles. The van der Waals surface area contributed by atoms with Crippen LogP contribution < -0.4 is 16.0 Å². The van der Waals surface area contributed by atoms with Crippen LogP contribution in [0.25, 0.3) is 0 Å². The normalized spacial score (nSPS) is 17.0. The van der Waals surface area contributed by atoms with Gasteiger partial charge in [-0.1, -0.05) is 36.2 Å². The molecule has 2 heterocycles. The average Bonchev–Trinajstić information content (AvgIpc) is 2.94. The topological polar surface area (TPSA) is 153 Å². The van der Waals surface area contributed by atoms with Gasteiger partial charge >= 0.3 is 18.1 Å².